The highest BCUT2D eigenvalue weighted by Gasteiger charge is 2.27. The molecule has 0 saturated heterocycles. The average molecular weight is 243 g/mol. The van der Waals surface area contributed by atoms with Crippen LogP contribution in [-0.4, -0.2) is 11.0 Å². The van der Waals surface area contributed by atoms with Crippen molar-refractivity contribution in [2.24, 2.45) is 5.41 Å². The van der Waals surface area contributed by atoms with Crippen molar-refractivity contribution in [2.45, 2.75) is 52.1 Å². The Morgan fingerprint density at radius 3 is 3.11 bits per heavy atom. The van der Waals surface area contributed by atoms with E-state index >= 15 is 0 Å². The van der Waals surface area contributed by atoms with Crippen LogP contribution in [0.5, 0.6) is 0 Å². The molecule has 18 heavy (non-hydrogen) atoms. The molecule has 3 nitrogen and oxygen atoms in total. The Morgan fingerprint density at radius 1 is 1.56 bits per heavy atom. The highest BCUT2D eigenvalue weighted by molar-refractivity contribution is 5.30. The molecule has 0 aliphatic heterocycles. The molecule has 1 N–H and O–H groups in total. The van der Waals surface area contributed by atoms with Gasteiger partial charge in [0, 0.05) is 24.3 Å². The Kier molecular flexibility index (Phi) is 3.98. The van der Waals surface area contributed by atoms with Crippen molar-refractivity contribution in [3.63, 3.8) is 0 Å². The lowest BCUT2D eigenvalue weighted by molar-refractivity contribution is 0.197. The molecule has 1 atom stereocenters. The molecule has 2 rings (SSSR count). The second-order valence-electron chi connectivity index (χ2n) is 5.96. The second kappa shape index (κ2) is 5.49. The van der Waals surface area contributed by atoms with Gasteiger partial charge in [-0.05, 0) is 30.7 Å². The number of nitrogens with one attached hydrogen (secondary N) is 1. The van der Waals surface area contributed by atoms with Crippen molar-refractivity contribution in [3.05, 3.63) is 29.6 Å². The van der Waals surface area contributed by atoms with Crippen molar-refractivity contribution in [1.82, 2.24) is 10.3 Å². The maximum Gasteiger partial charge on any atom is 0.144 e. The van der Waals surface area contributed by atoms with Crippen molar-refractivity contribution in [1.29, 1.82) is 5.26 Å². The molecule has 1 aromatic rings. The molecular weight excluding hydrogens is 222 g/mol. The van der Waals surface area contributed by atoms with Crippen LogP contribution in [0.4, 0.5) is 0 Å². The van der Waals surface area contributed by atoms with Crippen molar-refractivity contribution < 1.29 is 0 Å². The fraction of sp³-hybridized carbons (Fsp3) is 0.600. The number of aromatic nitrogens is 1. The summed E-state index contributed by atoms with van der Waals surface area (Å²) in [6.45, 7) is 5.43. The highest BCUT2D eigenvalue weighted by atomic mass is 14.9. The summed E-state index contributed by atoms with van der Waals surface area (Å²) in [7, 11) is 0. The third kappa shape index (κ3) is 3.30. The molecule has 1 aliphatic carbocycles. The second-order valence-corrected chi connectivity index (χ2v) is 5.96. The molecule has 0 amide bonds. The zero-order chi connectivity index (χ0) is 13.0. The molecule has 1 aromatic heterocycles. The quantitative estimate of drug-likeness (QED) is 0.887. The van der Waals surface area contributed by atoms with Crippen LogP contribution in [0.2, 0.25) is 0 Å². The molecule has 3 heteroatoms. The minimum atomic E-state index is 0.447. The summed E-state index contributed by atoms with van der Waals surface area (Å²) in [4.78, 5) is 4.09. The molecule has 1 unspecified atom stereocenters. The number of rotatable bonds is 3. The van der Waals surface area contributed by atoms with Gasteiger partial charge in [-0.15, -0.1) is 0 Å². The van der Waals surface area contributed by atoms with E-state index in [-0.39, 0.29) is 0 Å². The van der Waals surface area contributed by atoms with Gasteiger partial charge in [0.2, 0.25) is 0 Å². The van der Waals surface area contributed by atoms with Crippen LogP contribution in [0.25, 0.3) is 0 Å². The van der Waals surface area contributed by atoms with E-state index in [1.54, 1.807) is 6.20 Å². The molecule has 0 bridgehead atoms. The van der Waals surface area contributed by atoms with Gasteiger partial charge < -0.3 is 5.32 Å². The summed E-state index contributed by atoms with van der Waals surface area (Å²) in [5.74, 6) is 0. The summed E-state index contributed by atoms with van der Waals surface area (Å²) < 4.78 is 0. The predicted octanol–water partition coefficient (Wildman–Crippen LogP) is 3.01. The molecule has 1 fully saturated rings. The van der Waals surface area contributed by atoms with E-state index in [2.05, 4.69) is 30.2 Å². The third-order valence-electron chi connectivity index (χ3n) is 3.78. The lowest BCUT2D eigenvalue weighted by Crippen LogP contribution is -2.37. The van der Waals surface area contributed by atoms with Crippen molar-refractivity contribution >= 4 is 0 Å². The van der Waals surface area contributed by atoms with Crippen LogP contribution in [0, 0.1) is 16.7 Å². The number of hydrogen-bond donors (Lipinski definition) is 1. The first-order valence-electron chi connectivity index (χ1n) is 6.68. The van der Waals surface area contributed by atoms with E-state index in [1.165, 1.54) is 25.7 Å². The van der Waals surface area contributed by atoms with Gasteiger partial charge in [0.25, 0.3) is 0 Å². The van der Waals surface area contributed by atoms with Crippen LogP contribution in [0.1, 0.15) is 50.8 Å². The Hall–Kier alpha value is -1.40. The zero-order valence-corrected chi connectivity index (χ0v) is 11.2. The number of nitriles is 1. The van der Waals surface area contributed by atoms with E-state index in [0.717, 1.165) is 12.1 Å². The normalized spacial score (nSPS) is 22.4. The van der Waals surface area contributed by atoms with Gasteiger partial charge in [0.1, 0.15) is 11.8 Å². The monoisotopic (exact) mass is 243 g/mol. The first kappa shape index (κ1) is 13.0. The van der Waals surface area contributed by atoms with E-state index in [4.69, 9.17) is 5.26 Å². The van der Waals surface area contributed by atoms with Crippen molar-refractivity contribution in [2.75, 3.05) is 0 Å². The summed E-state index contributed by atoms with van der Waals surface area (Å²) in [6, 6.07) is 6.59. The van der Waals surface area contributed by atoms with Crippen molar-refractivity contribution in [3.8, 4) is 6.07 Å². The minimum absolute atomic E-state index is 0.447. The summed E-state index contributed by atoms with van der Waals surface area (Å²) in [6.07, 6.45) is 6.75. The van der Waals surface area contributed by atoms with E-state index in [1.807, 2.05) is 12.1 Å². The predicted molar refractivity (Wildman–Crippen MR) is 71.8 cm³/mol. The van der Waals surface area contributed by atoms with Gasteiger partial charge in [-0.1, -0.05) is 26.3 Å². The lowest BCUT2D eigenvalue weighted by Gasteiger charge is -2.35. The summed E-state index contributed by atoms with van der Waals surface area (Å²) in [5, 5.41) is 12.6. The van der Waals surface area contributed by atoms with Crippen LogP contribution < -0.4 is 5.32 Å². The van der Waals surface area contributed by atoms with Gasteiger partial charge in [-0.3, -0.25) is 0 Å². The van der Waals surface area contributed by atoms with Crippen LogP contribution in [-0.2, 0) is 6.54 Å². The average Bonchev–Trinajstić information content (AvgIpc) is 2.35. The molecule has 1 aliphatic rings. The molecule has 0 aromatic carbocycles. The number of pyridine rings is 1. The Morgan fingerprint density at radius 2 is 2.39 bits per heavy atom. The Balaban J connectivity index is 1.94. The maximum absolute atomic E-state index is 9.00. The van der Waals surface area contributed by atoms with Gasteiger partial charge in [-0.2, -0.15) is 5.26 Å². The van der Waals surface area contributed by atoms with E-state index < -0.39 is 0 Å². The number of nitrogens with zero attached hydrogens (tertiary/aromatic N) is 2. The fourth-order valence-electron chi connectivity index (χ4n) is 2.81. The van der Waals surface area contributed by atoms with Crippen LogP contribution >= 0.6 is 0 Å². The zero-order valence-electron chi connectivity index (χ0n) is 11.2. The highest BCUT2D eigenvalue weighted by Crippen LogP contribution is 2.35. The SMILES string of the molecule is CC1(C)CCCC(NCc2cccnc2C#N)C1. The lowest BCUT2D eigenvalue weighted by atomic mass is 9.75. The van der Waals surface area contributed by atoms with Crippen LogP contribution in [0.15, 0.2) is 18.3 Å². The van der Waals surface area contributed by atoms with Gasteiger partial charge >= 0.3 is 0 Å². The number of hydrogen-bond acceptors (Lipinski definition) is 3. The molecule has 0 radical (unpaired) electrons. The summed E-state index contributed by atoms with van der Waals surface area (Å²) in [5.41, 5.74) is 1.99. The van der Waals surface area contributed by atoms with Gasteiger partial charge in [-0.25, -0.2) is 4.98 Å². The Labute approximate surface area is 109 Å². The molecule has 0 spiro atoms. The molecule has 96 valence electrons. The maximum atomic E-state index is 9.00. The van der Waals surface area contributed by atoms with E-state index in [9.17, 15) is 0 Å². The third-order valence-corrected chi connectivity index (χ3v) is 3.78. The molecule has 1 saturated carbocycles. The minimum Gasteiger partial charge on any atom is -0.310 e. The van der Waals surface area contributed by atoms with E-state index in [0.29, 0.717) is 17.2 Å². The van der Waals surface area contributed by atoms with Crippen LogP contribution in [0.3, 0.4) is 0 Å². The topological polar surface area (TPSA) is 48.7 Å². The Bertz CT molecular complexity index is 445. The smallest absolute Gasteiger partial charge is 0.144 e. The first-order chi connectivity index (χ1) is 8.61. The summed E-state index contributed by atoms with van der Waals surface area (Å²) >= 11 is 0. The van der Waals surface area contributed by atoms with Gasteiger partial charge in [0.15, 0.2) is 0 Å². The largest absolute Gasteiger partial charge is 0.310 e. The fourth-order valence-corrected chi connectivity index (χ4v) is 2.81. The molecule has 1 heterocycles. The standard InChI is InChI=1S/C15H21N3/c1-15(2)7-3-6-13(9-15)18-11-12-5-4-8-17-14(12)10-16/h4-5,8,13,18H,3,6-7,9,11H2,1-2H3. The van der Waals surface area contributed by atoms with Gasteiger partial charge in [0.05, 0.1) is 0 Å². The molecular formula is C15H21N3. The first-order valence-corrected chi connectivity index (χ1v) is 6.68.